The van der Waals surface area contributed by atoms with Gasteiger partial charge in [0.15, 0.2) is 11.5 Å². The second-order valence-electron chi connectivity index (χ2n) is 10.8. The fourth-order valence-electron chi connectivity index (χ4n) is 4.79. The molecule has 0 aliphatic heterocycles. The zero-order valence-corrected chi connectivity index (χ0v) is 25.1. The van der Waals surface area contributed by atoms with Crippen LogP contribution < -0.4 is 19.5 Å². The Labute approximate surface area is 234 Å². The van der Waals surface area contributed by atoms with Crippen molar-refractivity contribution in [3.05, 3.63) is 47.0 Å². The molecule has 2 rings (SSSR count). The average Bonchev–Trinajstić information content (AvgIpc) is 2.90. The van der Waals surface area contributed by atoms with Gasteiger partial charge in [-0.15, -0.1) is 0 Å². The van der Waals surface area contributed by atoms with Crippen LogP contribution >= 0.6 is 0 Å². The molecule has 1 unspecified atom stereocenters. The molecule has 0 saturated heterocycles. The first-order chi connectivity index (χ1) is 18.6. The predicted molar refractivity (Wildman–Crippen MR) is 156 cm³/mol. The van der Waals surface area contributed by atoms with E-state index in [9.17, 15) is 9.59 Å². The first kappa shape index (κ1) is 32.0. The van der Waals surface area contributed by atoms with Gasteiger partial charge in [0.05, 0.1) is 27.9 Å². The number of carbonyl (C=O) groups is 2. The highest BCUT2D eigenvalue weighted by Gasteiger charge is 2.25. The van der Waals surface area contributed by atoms with E-state index in [4.69, 9.17) is 18.9 Å². The van der Waals surface area contributed by atoms with Crippen molar-refractivity contribution in [2.24, 2.45) is 0 Å². The van der Waals surface area contributed by atoms with Crippen molar-refractivity contribution >= 4 is 17.6 Å². The van der Waals surface area contributed by atoms with E-state index in [2.05, 4.69) is 33.0 Å². The van der Waals surface area contributed by atoms with Crippen LogP contribution in [0.15, 0.2) is 30.3 Å². The smallest absolute Gasteiger partial charge is 0.306 e. The third-order valence-corrected chi connectivity index (χ3v) is 6.85. The molecule has 1 atom stereocenters. The van der Waals surface area contributed by atoms with E-state index in [0.717, 1.165) is 48.1 Å². The average molecular weight is 542 g/mol. The van der Waals surface area contributed by atoms with E-state index in [-0.39, 0.29) is 23.2 Å². The molecule has 0 aromatic heterocycles. The summed E-state index contributed by atoms with van der Waals surface area (Å²) in [5.41, 5.74) is 3.56. The molecule has 0 aliphatic rings. The summed E-state index contributed by atoms with van der Waals surface area (Å²) < 4.78 is 21.8. The summed E-state index contributed by atoms with van der Waals surface area (Å²) in [5, 5.41) is 3.20. The number of unbranched alkanes of at least 4 members (excludes halogenated alkanes) is 2. The number of methoxy groups -OCH3 is 3. The second kappa shape index (κ2) is 15.4. The molecular formula is C32H47NO6. The summed E-state index contributed by atoms with van der Waals surface area (Å²) in [6, 6.07) is 9.81. The quantitative estimate of drug-likeness (QED) is 0.190. The Balaban J connectivity index is 2.36. The maximum Gasteiger partial charge on any atom is 0.306 e. The molecule has 0 aliphatic carbocycles. The number of esters is 1. The van der Waals surface area contributed by atoms with Crippen LogP contribution in [0.4, 0.5) is 5.69 Å². The fourth-order valence-corrected chi connectivity index (χ4v) is 4.79. The highest BCUT2D eigenvalue weighted by Crippen LogP contribution is 2.41. The molecule has 39 heavy (non-hydrogen) atoms. The molecule has 216 valence electrons. The van der Waals surface area contributed by atoms with Crippen molar-refractivity contribution in [3.63, 3.8) is 0 Å². The van der Waals surface area contributed by atoms with Gasteiger partial charge in [-0.05, 0) is 54.4 Å². The van der Waals surface area contributed by atoms with E-state index < -0.39 is 0 Å². The lowest BCUT2D eigenvalue weighted by molar-refractivity contribution is -0.143. The van der Waals surface area contributed by atoms with E-state index in [1.807, 2.05) is 30.3 Å². The van der Waals surface area contributed by atoms with Crippen molar-refractivity contribution in [2.75, 3.05) is 33.3 Å². The minimum absolute atomic E-state index is 0.0589. The Kier molecular flexibility index (Phi) is 12.6. The Hall–Kier alpha value is -3.22. The van der Waals surface area contributed by atoms with Crippen molar-refractivity contribution < 1.29 is 28.5 Å². The standard InChI is InChI=1S/C32H47NO6/c1-9-11-12-13-23(24-20-28(37-7)29(38-8)21-27(24)36-6)19-30(34)33-26-18-22(15-17-31(35)39-10-2)14-16-25(26)32(3,4)5/h14,16,18,20-21,23H,9-13,15,17,19H2,1-8H3,(H,33,34). The lowest BCUT2D eigenvalue weighted by atomic mass is 9.84. The number of benzene rings is 2. The van der Waals surface area contributed by atoms with Crippen molar-refractivity contribution in [1.29, 1.82) is 0 Å². The summed E-state index contributed by atoms with van der Waals surface area (Å²) in [4.78, 5) is 25.5. The van der Waals surface area contributed by atoms with E-state index in [1.54, 1.807) is 28.3 Å². The molecule has 2 aromatic rings. The van der Waals surface area contributed by atoms with Gasteiger partial charge < -0.3 is 24.3 Å². The van der Waals surface area contributed by atoms with E-state index in [1.165, 1.54) is 0 Å². The minimum atomic E-state index is -0.221. The third-order valence-electron chi connectivity index (χ3n) is 6.85. The van der Waals surface area contributed by atoms with E-state index >= 15 is 0 Å². The van der Waals surface area contributed by atoms with Gasteiger partial charge in [0.1, 0.15) is 5.75 Å². The molecule has 0 fully saturated rings. The molecular weight excluding hydrogens is 494 g/mol. The zero-order chi connectivity index (χ0) is 29.0. The SMILES string of the molecule is CCCCCC(CC(=O)Nc1cc(CCC(=O)OCC)ccc1C(C)(C)C)c1cc(OC)c(OC)cc1OC. The summed E-state index contributed by atoms with van der Waals surface area (Å²) in [7, 11) is 4.83. The molecule has 7 heteroatoms. The molecule has 0 saturated carbocycles. The summed E-state index contributed by atoms with van der Waals surface area (Å²) in [6.07, 6.45) is 5.18. The Morgan fingerprint density at radius 2 is 1.56 bits per heavy atom. The van der Waals surface area contributed by atoms with Crippen LogP contribution in [0.1, 0.15) is 95.8 Å². The molecule has 0 heterocycles. The maximum absolute atomic E-state index is 13.6. The summed E-state index contributed by atoms with van der Waals surface area (Å²) in [6.45, 7) is 10.7. The van der Waals surface area contributed by atoms with Gasteiger partial charge in [0, 0.05) is 30.2 Å². The van der Waals surface area contributed by atoms with Gasteiger partial charge in [0.2, 0.25) is 5.91 Å². The number of nitrogens with one attached hydrogen (secondary N) is 1. The molecule has 0 spiro atoms. The van der Waals surface area contributed by atoms with Gasteiger partial charge in [-0.1, -0.05) is 59.1 Å². The largest absolute Gasteiger partial charge is 0.496 e. The number of anilines is 1. The minimum Gasteiger partial charge on any atom is -0.496 e. The lowest BCUT2D eigenvalue weighted by Crippen LogP contribution is -2.21. The van der Waals surface area contributed by atoms with Crippen molar-refractivity contribution in [1.82, 2.24) is 0 Å². The van der Waals surface area contributed by atoms with Gasteiger partial charge in [-0.3, -0.25) is 9.59 Å². The number of rotatable bonds is 15. The number of ether oxygens (including phenoxy) is 4. The van der Waals surface area contributed by atoms with Gasteiger partial charge >= 0.3 is 5.97 Å². The number of hydrogen-bond donors (Lipinski definition) is 1. The molecule has 1 amide bonds. The van der Waals surface area contributed by atoms with Gasteiger partial charge in [-0.2, -0.15) is 0 Å². The van der Waals surface area contributed by atoms with Crippen LogP contribution in [0, 0.1) is 0 Å². The highest BCUT2D eigenvalue weighted by molar-refractivity contribution is 5.92. The first-order valence-electron chi connectivity index (χ1n) is 14.0. The Morgan fingerprint density at radius 1 is 0.897 bits per heavy atom. The van der Waals surface area contributed by atoms with Crippen LogP contribution in [-0.4, -0.2) is 39.8 Å². The van der Waals surface area contributed by atoms with Crippen LogP contribution in [0.2, 0.25) is 0 Å². The van der Waals surface area contributed by atoms with Crippen LogP contribution in [0.5, 0.6) is 17.2 Å². The summed E-state index contributed by atoms with van der Waals surface area (Å²) in [5.74, 6) is 1.53. The van der Waals surface area contributed by atoms with E-state index in [0.29, 0.717) is 43.1 Å². The molecule has 2 aromatic carbocycles. The number of aryl methyl sites for hydroxylation is 1. The molecule has 0 bridgehead atoms. The summed E-state index contributed by atoms with van der Waals surface area (Å²) >= 11 is 0. The van der Waals surface area contributed by atoms with Gasteiger partial charge in [-0.25, -0.2) is 0 Å². The van der Waals surface area contributed by atoms with Crippen LogP contribution in [-0.2, 0) is 26.2 Å². The van der Waals surface area contributed by atoms with Crippen LogP contribution in [0.25, 0.3) is 0 Å². The van der Waals surface area contributed by atoms with Crippen molar-refractivity contribution in [3.8, 4) is 17.2 Å². The monoisotopic (exact) mass is 541 g/mol. The lowest BCUT2D eigenvalue weighted by Gasteiger charge is -2.25. The van der Waals surface area contributed by atoms with Crippen LogP contribution in [0.3, 0.4) is 0 Å². The third kappa shape index (κ3) is 9.48. The fraction of sp³-hybridized carbons (Fsp3) is 0.562. The second-order valence-corrected chi connectivity index (χ2v) is 10.8. The number of carbonyl (C=O) groups excluding carboxylic acids is 2. The van der Waals surface area contributed by atoms with Gasteiger partial charge in [0.25, 0.3) is 0 Å². The molecule has 7 nitrogen and oxygen atoms in total. The Bertz CT molecular complexity index is 1090. The molecule has 0 radical (unpaired) electrons. The predicted octanol–water partition coefficient (Wildman–Crippen LogP) is 7.20. The Morgan fingerprint density at radius 3 is 2.15 bits per heavy atom. The zero-order valence-electron chi connectivity index (χ0n) is 25.1. The highest BCUT2D eigenvalue weighted by atomic mass is 16.5. The first-order valence-corrected chi connectivity index (χ1v) is 14.0. The molecule has 1 N–H and O–H groups in total. The maximum atomic E-state index is 13.6. The normalized spacial score (nSPS) is 12.0. The van der Waals surface area contributed by atoms with Crippen molar-refractivity contribution in [2.45, 2.75) is 90.9 Å². The topological polar surface area (TPSA) is 83.1 Å². The number of amides is 1. The number of hydrogen-bond acceptors (Lipinski definition) is 6.